The first kappa shape index (κ1) is 16.7. The summed E-state index contributed by atoms with van der Waals surface area (Å²) in [5.41, 5.74) is 0.953. The van der Waals surface area contributed by atoms with Crippen molar-refractivity contribution >= 4 is 15.8 Å². The van der Waals surface area contributed by atoms with Crippen LogP contribution in [0.5, 0.6) is 0 Å². The van der Waals surface area contributed by atoms with Crippen molar-refractivity contribution in [3.63, 3.8) is 0 Å². The van der Waals surface area contributed by atoms with Gasteiger partial charge in [0.25, 0.3) is 0 Å². The van der Waals surface area contributed by atoms with Gasteiger partial charge in [0.05, 0.1) is 22.8 Å². The molecule has 0 aromatic heterocycles. The lowest BCUT2D eigenvalue weighted by atomic mass is 9.98. The molecule has 5 nitrogen and oxygen atoms in total. The Morgan fingerprint density at radius 1 is 1.35 bits per heavy atom. The van der Waals surface area contributed by atoms with E-state index in [1.54, 1.807) is 6.07 Å². The second-order valence-corrected chi connectivity index (χ2v) is 6.97. The molecule has 1 N–H and O–H groups in total. The SMILES string of the molecule is COCCS(=O)(=O)c1c(C(C)C)ccc(C(=O)O)c1C. The van der Waals surface area contributed by atoms with Crippen LogP contribution in [0.25, 0.3) is 0 Å². The van der Waals surface area contributed by atoms with E-state index < -0.39 is 15.8 Å². The Bertz CT molecular complexity index is 602. The van der Waals surface area contributed by atoms with Gasteiger partial charge in [-0.1, -0.05) is 19.9 Å². The molecule has 0 spiro atoms. The minimum atomic E-state index is -3.57. The van der Waals surface area contributed by atoms with E-state index in [9.17, 15) is 13.2 Å². The number of carbonyl (C=O) groups is 1. The summed E-state index contributed by atoms with van der Waals surface area (Å²) in [4.78, 5) is 11.3. The van der Waals surface area contributed by atoms with Crippen LogP contribution in [-0.2, 0) is 14.6 Å². The molecular weight excluding hydrogens is 280 g/mol. The summed E-state index contributed by atoms with van der Waals surface area (Å²) < 4.78 is 29.7. The normalized spacial score (nSPS) is 11.8. The Hall–Kier alpha value is -1.40. The number of hydrogen-bond donors (Lipinski definition) is 1. The fourth-order valence-electron chi connectivity index (χ4n) is 2.11. The molecule has 0 saturated carbocycles. The summed E-state index contributed by atoms with van der Waals surface area (Å²) in [5, 5.41) is 9.14. The molecule has 0 atom stereocenters. The number of carboxylic acid groups (broad SMARTS) is 1. The lowest BCUT2D eigenvalue weighted by Gasteiger charge is -2.17. The smallest absolute Gasteiger partial charge is 0.335 e. The molecule has 6 heteroatoms. The minimum Gasteiger partial charge on any atom is -0.478 e. The number of methoxy groups -OCH3 is 1. The zero-order valence-corrected chi connectivity index (χ0v) is 13.0. The van der Waals surface area contributed by atoms with Gasteiger partial charge in [0, 0.05) is 7.11 Å². The standard InChI is InChI=1S/C14H20O5S/c1-9(2)11-5-6-12(14(15)16)10(3)13(11)20(17,18)8-7-19-4/h5-6,9H,7-8H2,1-4H3,(H,15,16). The van der Waals surface area contributed by atoms with Gasteiger partial charge in [0.15, 0.2) is 9.84 Å². The highest BCUT2D eigenvalue weighted by atomic mass is 32.2. The van der Waals surface area contributed by atoms with E-state index in [0.717, 1.165) is 0 Å². The van der Waals surface area contributed by atoms with Crippen molar-refractivity contribution in [3.8, 4) is 0 Å². The number of carboxylic acids is 1. The van der Waals surface area contributed by atoms with Crippen molar-refractivity contribution in [2.24, 2.45) is 0 Å². The molecule has 0 heterocycles. The Balaban J connectivity index is 3.55. The Labute approximate surface area is 119 Å². The van der Waals surface area contributed by atoms with Gasteiger partial charge in [-0.25, -0.2) is 13.2 Å². The molecule has 0 amide bonds. The maximum Gasteiger partial charge on any atom is 0.335 e. The van der Waals surface area contributed by atoms with E-state index in [0.29, 0.717) is 11.1 Å². The highest BCUT2D eigenvalue weighted by molar-refractivity contribution is 7.91. The Morgan fingerprint density at radius 2 is 1.95 bits per heavy atom. The van der Waals surface area contributed by atoms with Crippen molar-refractivity contribution < 1.29 is 23.1 Å². The second-order valence-electron chi connectivity index (χ2n) is 4.93. The summed E-state index contributed by atoms with van der Waals surface area (Å²) in [6.45, 7) is 5.38. The van der Waals surface area contributed by atoms with Crippen LogP contribution >= 0.6 is 0 Å². The van der Waals surface area contributed by atoms with E-state index in [1.807, 2.05) is 13.8 Å². The third-order valence-electron chi connectivity index (χ3n) is 3.16. The van der Waals surface area contributed by atoms with Crippen molar-refractivity contribution in [3.05, 3.63) is 28.8 Å². The molecule has 1 rings (SSSR count). The summed E-state index contributed by atoms with van der Waals surface area (Å²) in [6.07, 6.45) is 0. The van der Waals surface area contributed by atoms with Crippen LogP contribution in [0.4, 0.5) is 0 Å². The summed E-state index contributed by atoms with van der Waals surface area (Å²) in [5.74, 6) is -1.29. The van der Waals surface area contributed by atoms with Crippen molar-refractivity contribution in [2.45, 2.75) is 31.6 Å². The van der Waals surface area contributed by atoms with E-state index in [1.165, 1.54) is 20.1 Å². The van der Waals surface area contributed by atoms with E-state index in [2.05, 4.69) is 0 Å². The molecule has 0 bridgehead atoms. The average molecular weight is 300 g/mol. The van der Waals surface area contributed by atoms with E-state index in [4.69, 9.17) is 9.84 Å². The van der Waals surface area contributed by atoms with E-state index in [-0.39, 0.29) is 28.7 Å². The third kappa shape index (κ3) is 3.37. The number of aromatic carboxylic acids is 1. The van der Waals surface area contributed by atoms with Gasteiger partial charge >= 0.3 is 5.97 Å². The van der Waals surface area contributed by atoms with Gasteiger partial charge in [0.1, 0.15) is 0 Å². The molecule has 112 valence electrons. The predicted octanol–water partition coefficient (Wildman–Crippen LogP) is 2.24. The Kier molecular flexibility index (Phi) is 5.30. The monoisotopic (exact) mass is 300 g/mol. The molecule has 0 radical (unpaired) electrons. The van der Waals surface area contributed by atoms with Gasteiger partial charge in [-0.05, 0) is 30.0 Å². The highest BCUT2D eigenvalue weighted by Crippen LogP contribution is 2.30. The molecule has 1 aromatic carbocycles. The number of benzene rings is 1. The van der Waals surface area contributed by atoms with Crippen LogP contribution in [-0.4, -0.2) is 39.0 Å². The second kappa shape index (κ2) is 6.37. The molecule has 0 aliphatic heterocycles. The minimum absolute atomic E-state index is 0.0103. The van der Waals surface area contributed by atoms with Crippen LogP contribution in [0.2, 0.25) is 0 Å². The molecule has 0 aliphatic rings. The highest BCUT2D eigenvalue weighted by Gasteiger charge is 2.25. The fourth-order valence-corrected chi connectivity index (χ4v) is 3.94. The van der Waals surface area contributed by atoms with Crippen LogP contribution in [0.3, 0.4) is 0 Å². The lowest BCUT2D eigenvalue weighted by molar-refractivity contribution is 0.0695. The van der Waals surface area contributed by atoms with Crippen molar-refractivity contribution in [1.29, 1.82) is 0 Å². The molecule has 1 aromatic rings. The predicted molar refractivity (Wildman–Crippen MR) is 76.2 cm³/mol. The number of ether oxygens (including phenoxy) is 1. The summed E-state index contributed by atoms with van der Waals surface area (Å²) >= 11 is 0. The molecule has 0 fully saturated rings. The molecule has 0 saturated heterocycles. The number of rotatable bonds is 6. The maximum absolute atomic E-state index is 12.4. The number of hydrogen-bond acceptors (Lipinski definition) is 4. The lowest BCUT2D eigenvalue weighted by Crippen LogP contribution is -2.17. The quantitative estimate of drug-likeness (QED) is 0.871. The maximum atomic E-state index is 12.4. The van der Waals surface area contributed by atoms with Gasteiger partial charge in [-0.3, -0.25) is 0 Å². The van der Waals surface area contributed by atoms with Crippen LogP contribution in [0, 0.1) is 6.92 Å². The first-order valence-electron chi connectivity index (χ1n) is 6.30. The molecule has 0 aliphatic carbocycles. The van der Waals surface area contributed by atoms with Crippen LogP contribution < -0.4 is 0 Å². The average Bonchev–Trinajstić information content (AvgIpc) is 2.35. The van der Waals surface area contributed by atoms with E-state index >= 15 is 0 Å². The first-order chi connectivity index (χ1) is 9.22. The summed E-state index contributed by atoms with van der Waals surface area (Å²) in [6, 6.07) is 3.04. The van der Waals surface area contributed by atoms with Gasteiger partial charge in [-0.15, -0.1) is 0 Å². The van der Waals surface area contributed by atoms with Crippen LogP contribution in [0.1, 0.15) is 41.3 Å². The summed E-state index contributed by atoms with van der Waals surface area (Å²) in [7, 11) is -2.14. The topological polar surface area (TPSA) is 80.7 Å². The van der Waals surface area contributed by atoms with Gasteiger partial charge in [0.2, 0.25) is 0 Å². The number of sulfone groups is 1. The largest absolute Gasteiger partial charge is 0.478 e. The zero-order valence-electron chi connectivity index (χ0n) is 12.1. The fraction of sp³-hybridized carbons (Fsp3) is 0.500. The first-order valence-corrected chi connectivity index (χ1v) is 7.96. The van der Waals surface area contributed by atoms with Crippen molar-refractivity contribution in [2.75, 3.05) is 19.5 Å². The zero-order chi connectivity index (χ0) is 15.5. The molecular formula is C14H20O5S. The van der Waals surface area contributed by atoms with Gasteiger partial charge < -0.3 is 9.84 Å². The third-order valence-corrected chi connectivity index (χ3v) is 5.02. The molecule has 0 unspecified atom stereocenters. The Morgan fingerprint density at radius 3 is 2.40 bits per heavy atom. The van der Waals surface area contributed by atoms with Crippen LogP contribution in [0.15, 0.2) is 17.0 Å². The molecule has 20 heavy (non-hydrogen) atoms. The van der Waals surface area contributed by atoms with Gasteiger partial charge in [-0.2, -0.15) is 0 Å². The van der Waals surface area contributed by atoms with Crippen molar-refractivity contribution in [1.82, 2.24) is 0 Å².